The van der Waals surface area contributed by atoms with Crippen LogP contribution in [0.3, 0.4) is 0 Å². The number of rotatable bonds is 7. The maximum Gasteiger partial charge on any atom is 0.309 e. The zero-order valence-electron chi connectivity index (χ0n) is 14.6. The molecule has 0 heterocycles. The van der Waals surface area contributed by atoms with Gasteiger partial charge in [-0.2, -0.15) is 0 Å². The Morgan fingerprint density at radius 3 is 2.65 bits per heavy atom. The summed E-state index contributed by atoms with van der Waals surface area (Å²) in [5.41, 5.74) is 2.44. The third-order valence-electron chi connectivity index (χ3n) is 4.39. The van der Waals surface area contributed by atoms with Crippen LogP contribution in [-0.4, -0.2) is 25.1 Å². The molecule has 0 spiro atoms. The van der Waals surface area contributed by atoms with Crippen molar-refractivity contribution in [3.8, 4) is 5.75 Å². The van der Waals surface area contributed by atoms with Crippen molar-refractivity contribution in [1.29, 1.82) is 0 Å². The van der Waals surface area contributed by atoms with Crippen LogP contribution in [0.4, 0.5) is 0 Å². The third-order valence-corrected chi connectivity index (χ3v) is 4.39. The highest BCUT2D eigenvalue weighted by atomic mass is 16.5. The van der Waals surface area contributed by atoms with Gasteiger partial charge in [-0.15, -0.1) is 0 Å². The lowest BCUT2D eigenvalue weighted by Gasteiger charge is -2.26. The summed E-state index contributed by atoms with van der Waals surface area (Å²) >= 11 is 0. The van der Waals surface area contributed by atoms with E-state index in [0.29, 0.717) is 5.75 Å². The summed E-state index contributed by atoms with van der Waals surface area (Å²) in [4.78, 5) is 23.8. The summed E-state index contributed by atoms with van der Waals surface area (Å²) in [6.07, 6.45) is 3.09. The molecule has 1 aliphatic carbocycles. The number of amides is 1. The zero-order chi connectivity index (χ0) is 18.2. The molecule has 0 bridgehead atoms. The Morgan fingerprint density at radius 1 is 1.04 bits per heavy atom. The Hall–Kier alpha value is -2.82. The summed E-state index contributed by atoms with van der Waals surface area (Å²) in [6.45, 7) is -0.0384. The molecule has 1 amide bonds. The molecule has 5 nitrogen and oxygen atoms in total. The minimum absolute atomic E-state index is 0.00688. The van der Waals surface area contributed by atoms with Crippen LogP contribution in [0.1, 0.15) is 36.4 Å². The van der Waals surface area contributed by atoms with E-state index in [9.17, 15) is 9.59 Å². The van der Waals surface area contributed by atoms with E-state index in [2.05, 4.69) is 11.4 Å². The highest BCUT2D eigenvalue weighted by Gasteiger charge is 2.21. The molecule has 2 aromatic carbocycles. The lowest BCUT2D eigenvalue weighted by Crippen LogP contribution is -2.34. The number of benzene rings is 2. The van der Waals surface area contributed by atoms with Crippen LogP contribution in [0, 0.1) is 0 Å². The van der Waals surface area contributed by atoms with E-state index in [4.69, 9.17) is 9.47 Å². The molecular formula is C21H23NO4. The summed E-state index contributed by atoms with van der Waals surface area (Å²) < 4.78 is 10.5. The first-order valence-corrected chi connectivity index (χ1v) is 8.93. The topological polar surface area (TPSA) is 64.6 Å². The summed E-state index contributed by atoms with van der Waals surface area (Å²) in [6, 6.07) is 17.4. The van der Waals surface area contributed by atoms with Gasteiger partial charge >= 0.3 is 5.97 Å². The largest absolute Gasteiger partial charge is 0.493 e. The third kappa shape index (κ3) is 5.09. The SMILES string of the molecule is O=C(COC(=O)CCOc1ccccc1)N[C@@H]1CCCc2ccccc21. The number of aryl methyl sites for hydroxylation is 1. The highest BCUT2D eigenvalue weighted by molar-refractivity contribution is 5.81. The minimum Gasteiger partial charge on any atom is -0.493 e. The summed E-state index contributed by atoms with van der Waals surface area (Å²) in [5, 5.41) is 2.96. The van der Waals surface area contributed by atoms with Crippen molar-refractivity contribution in [3.63, 3.8) is 0 Å². The van der Waals surface area contributed by atoms with Crippen LogP contribution in [0.2, 0.25) is 0 Å². The zero-order valence-corrected chi connectivity index (χ0v) is 14.6. The van der Waals surface area contributed by atoms with Crippen LogP contribution in [0.15, 0.2) is 54.6 Å². The van der Waals surface area contributed by atoms with E-state index in [0.717, 1.165) is 24.8 Å². The van der Waals surface area contributed by atoms with Crippen LogP contribution in [0.25, 0.3) is 0 Å². The molecule has 1 aliphatic rings. The number of ether oxygens (including phenoxy) is 2. The molecule has 0 fully saturated rings. The molecule has 0 radical (unpaired) electrons. The monoisotopic (exact) mass is 353 g/mol. The summed E-state index contributed by atoms with van der Waals surface area (Å²) in [7, 11) is 0. The van der Waals surface area contributed by atoms with Crippen LogP contribution in [-0.2, 0) is 20.7 Å². The molecule has 1 atom stereocenters. The molecular weight excluding hydrogens is 330 g/mol. The second-order valence-electron chi connectivity index (χ2n) is 6.28. The van der Waals surface area contributed by atoms with Gasteiger partial charge in [-0.05, 0) is 42.5 Å². The molecule has 3 rings (SSSR count). The standard InChI is InChI=1S/C21H23NO4/c23-20(22-19-12-6-8-16-7-4-5-11-18(16)19)15-26-21(24)13-14-25-17-9-2-1-3-10-17/h1-5,7,9-11,19H,6,8,12-15H2,(H,22,23)/t19-/m1/s1. The molecule has 0 aliphatic heterocycles. The fraction of sp³-hybridized carbons (Fsp3) is 0.333. The van der Waals surface area contributed by atoms with Crippen molar-refractivity contribution in [2.45, 2.75) is 31.7 Å². The van der Waals surface area contributed by atoms with Crippen LogP contribution in [0.5, 0.6) is 5.75 Å². The normalized spacial score (nSPS) is 15.6. The summed E-state index contributed by atoms with van der Waals surface area (Å²) in [5.74, 6) is -0.0156. The first-order chi connectivity index (χ1) is 12.7. The lowest BCUT2D eigenvalue weighted by molar-refractivity contribution is -0.149. The van der Waals surface area contributed by atoms with Gasteiger partial charge in [0.2, 0.25) is 0 Å². The van der Waals surface area contributed by atoms with E-state index in [1.54, 1.807) is 0 Å². The number of carbonyl (C=O) groups excluding carboxylic acids is 2. The quantitative estimate of drug-likeness (QED) is 0.777. The number of esters is 1. The van der Waals surface area contributed by atoms with Gasteiger partial charge in [0, 0.05) is 0 Å². The van der Waals surface area contributed by atoms with Crippen molar-refractivity contribution in [1.82, 2.24) is 5.32 Å². The number of carbonyl (C=O) groups is 2. The molecule has 1 N–H and O–H groups in total. The second kappa shape index (κ2) is 9.04. The van der Waals surface area contributed by atoms with Crippen LogP contribution < -0.4 is 10.1 Å². The Balaban J connectivity index is 1.38. The number of fused-ring (bicyclic) bond motifs is 1. The van der Waals surface area contributed by atoms with Crippen molar-refractivity contribution in [2.75, 3.05) is 13.2 Å². The maximum atomic E-state index is 12.1. The molecule has 0 aromatic heterocycles. The average molecular weight is 353 g/mol. The Kier molecular flexibility index (Phi) is 6.25. The molecule has 0 unspecified atom stereocenters. The number of nitrogens with one attached hydrogen (secondary N) is 1. The van der Waals surface area contributed by atoms with Gasteiger partial charge in [0.15, 0.2) is 6.61 Å². The van der Waals surface area contributed by atoms with Gasteiger partial charge in [-0.1, -0.05) is 42.5 Å². The predicted octanol–water partition coefficient (Wildman–Crippen LogP) is 3.19. The van der Waals surface area contributed by atoms with Crippen molar-refractivity contribution in [2.24, 2.45) is 0 Å². The fourth-order valence-corrected chi connectivity index (χ4v) is 3.13. The lowest BCUT2D eigenvalue weighted by atomic mass is 9.88. The molecule has 0 saturated carbocycles. The van der Waals surface area contributed by atoms with Gasteiger partial charge in [-0.3, -0.25) is 9.59 Å². The smallest absolute Gasteiger partial charge is 0.309 e. The molecule has 2 aromatic rings. The Bertz CT molecular complexity index is 745. The molecule has 26 heavy (non-hydrogen) atoms. The van der Waals surface area contributed by atoms with Crippen LogP contribution >= 0.6 is 0 Å². The maximum absolute atomic E-state index is 12.1. The number of hydrogen-bond acceptors (Lipinski definition) is 4. The van der Waals surface area contributed by atoms with E-state index in [1.165, 1.54) is 5.56 Å². The van der Waals surface area contributed by atoms with E-state index < -0.39 is 5.97 Å². The van der Waals surface area contributed by atoms with E-state index in [1.807, 2.05) is 48.5 Å². The van der Waals surface area contributed by atoms with Crippen molar-refractivity contribution in [3.05, 3.63) is 65.7 Å². The Labute approximate surface area is 153 Å². The predicted molar refractivity (Wildman–Crippen MR) is 97.8 cm³/mol. The van der Waals surface area contributed by atoms with Gasteiger partial charge in [0.25, 0.3) is 5.91 Å². The molecule has 0 saturated heterocycles. The highest BCUT2D eigenvalue weighted by Crippen LogP contribution is 2.29. The molecule has 5 heteroatoms. The molecule has 136 valence electrons. The fourth-order valence-electron chi connectivity index (χ4n) is 3.13. The van der Waals surface area contributed by atoms with E-state index >= 15 is 0 Å². The van der Waals surface area contributed by atoms with Crippen molar-refractivity contribution < 1.29 is 19.1 Å². The number of para-hydroxylation sites is 1. The van der Waals surface area contributed by atoms with Crippen molar-refractivity contribution >= 4 is 11.9 Å². The van der Waals surface area contributed by atoms with Gasteiger partial charge in [0.1, 0.15) is 5.75 Å². The van der Waals surface area contributed by atoms with Gasteiger partial charge in [-0.25, -0.2) is 0 Å². The minimum atomic E-state index is -0.444. The average Bonchev–Trinajstić information content (AvgIpc) is 2.67. The number of hydrogen-bond donors (Lipinski definition) is 1. The first-order valence-electron chi connectivity index (χ1n) is 8.93. The van der Waals surface area contributed by atoms with Gasteiger partial charge < -0.3 is 14.8 Å². The van der Waals surface area contributed by atoms with Gasteiger partial charge in [0.05, 0.1) is 19.1 Å². The van der Waals surface area contributed by atoms with E-state index in [-0.39, 0.29) is 31.6 Å². The first kappa shape index (κ1) is 18.0. The second-order valence-corrected chi connectivity index (χ2v) is 6.28. The Morgan fingerprint density at radius 2 is 1.81 bits per heavy atom.